The number of aromatic amines is 1. The summed E-state index contributed by atoms with van der Waals surface area (Å²) in [6.45, 7) is 7.04. The monoisotopic (exact) mass is 416 g/mol. The van der Waals surface area contributed by atoms with Crippen LogP contribution in [0.3, 0.4) is 0 Å². The number of hydrogen-bond acceptors (Lipinski definition) is 8. The van der Waals surface area contributed by atoms with Gasteiger partial charge in [0.25, 0.3) is 5.56 Å². The fraction of sp³-hybridized carbons (Fsp3) is 0.421. The molecule has 0 aromatic carbocycles. The number of nitrogen functional groups attached to an aromatic ring is 1. The van der Waals surface area contributed by atoms with Gasteiger partial charge >= 0.3 is 0 Å². The normalized spacial score (nSPS) is 15.4. The smallest absolute Gasteiger partial charge is 0.260 e. The number of anilines is 2. The maximum atomic E-state index is 12.3. The van der Waals surface area contributed by atoms with Crippen LogP contribution in [0.4, 0.5) is 10.8 Å². The lowest BCUT2D eigenvalue weighted by molar-refractivity contribution is 0.258. The van der Waals surface area contributed by atoms with Gasteiger partial charge in [-0.15, -0.1) is 0 Å². The van der Waals surface area contributed by atoms with E-state index in [1.54, 1.807) is 11.8 Å². The molecule has 148 valence electrons. The number of aryl methyl sites for hydroxylation is 1. The minimum absolute atomic E-state index is 0.0939. The minimum Gasteiger partial charge on any atom is -0.390 e. The molecule has 0 atom stereocenters. The van der Waals surface area contributed by atoms with Gasteiger partial charge < -0.3 is 15.6 Å². The molecule has 3 N–H and O–H groups in total. The molecular weight excluding hydrogens is 392 g/mol. The van der Waals surface area contributed by atoms with Gasteiger partial charge in [-0.1, -0.05) is 29.2 Å². The highest BCUT2D eigenvalue weighted by atomic mass is 32.2. The second kappa shape index (κ2) is 8.50. The molecule has 3 aromatic rings. The Morgan fingerprint density at radius 2 is 2.11 bits per heavy atom. The van der Waals surface area contributed by atoms with E-state index in [-0.39, 0.29) is 5.56 Å². The molecule has 0 unspecified atom stereocenters. The fourth-order valence-electron chi connectivity index (χ4n) is 3.41. The molecule has 1 aliphatic rings. The van der Waals surface area contributed by atoms with Crippen molar-refractivity contribution in [2.24, 2.45) is 0 Å². The molecular formula is C19H24N6OS2. The van der Waals surface area contributed by atoms with Crippen molar-refractivity contribution in [1.82, 2.24) is 19.9 Å². The van der Waals surface area contributed by atoms with E-state index in [1.807, 2.05) is 25.3 Å². The lowest BCUT2D eigenvalue weighted by atomic mass is 10.2. The summed E-state index contributed by atoms with van der Waals surface area (Å²) < 4.78 is 0. The van der Waals surface area contributed by atoms with Crippen molar-refractivity contribution in [2.75, 3.05) is 49.1 Å². The maximum Gasteiger partial charge on any atom is 0.260 e. The Balaban J connectivity index is 1.24. The number of thioether (sulfide) groups is 1. The van der Waals surface area contributed by atoms with Crippen molar-refractivity contribution in [3.8, 4) is 0 Å². The van der Waals surface area contributed by atoms with Crippen LogP contribution in [-0.2, 0) is 0 Å². The number of fused-ring (bicyclic) bond motifs is 1. The summed E-state index contributed by atoms with van der Waals surface area (Å²) in [7, 11) is 0. The molecule has 4 heterocycles. The molecule has 1 fully saturated rings. The second-order valence-electron chi connectivity index (χ2n) is 6.86. The Hall–Kier alpha value is -2.10. The number of pyridine rings is 1. The standard InChI is InChI=1S/C19H24N6OS2/c1-13-15-17(26)22-19(23-18(15)28-16(13)20)27-12-4-7-24-8-10-25(11-9-24)14-5-2-3-6-21-14/h2-3,5-6H,4,7-12,20H2,1H3,(H,22,23,26). The summed E-state index contributed by atoms with van der Waals surface area (Å²) in [5, 5.41) is 1.97. The van der Waals surface area contributed by atoms with E-state index in [2.05, 4.69) is 30.8 Å². The Kier molecular flexibility index (Phi) is 5.84. The van der Waals surface area contributed by atoms with E-state index in [0.29, 0.717) is 15.5 Å². The van der Waals surface area contributed by atoms with Gasteiger partial charge in [0.15, 0.2) is 5.16 Å². The summed E-state index contributed by atoms with van der Waals surface area (Å²) in [6, 6.07) is 6.05. The first-order chi connectivity index (χ1) is 13.6. The molecule has 0 radical (unpaired) electrons. The largest absolute Gasteiger partial charge is 0.390 e. The molecule has 28 heavy (non-hydrogen) atoms. The van der Waals surface area contributed by atoms with Crippen molar-refractivity contribution < 1.29 is 0 Å². The highest BCUT2D eigenvalue weighted by Crippen LogP contribution is 2.30. The first kappa shape index (κ1) is 19.2. The van der Waals surface area contributed by atoms with Gasteiger partial charge in [0, 0.05) is 38.1 Å². The lowest BCUT2D eigenvalue weighted by Gasteiger charge is -2.35. The van der Waals surface area contributed by atoms with Gasteiger partial charge in [-0.25, -0.2) is 9.97 Å². The van der Waals surface area contributed by atoms with Crippen LogP contribution in [0.2, 0.25) is 0 Å². The summed E-state index contributed by atoms with van der Waals surface area (Å²) in [5.41, 5.74) is 6.66. The second-order valence-corrected chi connectivity index (χ2v) is 8.98. The number of nitrogens with zero attached hydrogens (tertiary/aromatic N) is 4. The highest BCUT2D eigenvalue weighted by molar-refractivity contribution is 7.99. The summed E-state index contributed by atoms with van der Waals surface area (Å²) in [4.78, 5) is 29.7. The van der Waals surface area contributed by atoms with E-state index in [9.17, 15) is 4.79 Å². The molecule has 3 aromatic heterocycles. The van der Waals surface area contributed by atoms with Crippen LogP contribution in [-0.4, -0.2) is 58.3 Å². The summed E-state index contributed by atoms with van der Waals surface area (Å²) in [5.74, 6) is 1.99. The SMILES string of the molecule is Cc1c(N)sc2nc(SCCCN3CCN(c4ccccn4)CC3)[nH]c(=O)c12. The molecule has 0 saturated carbocycles. The zero-order valence-corrected chi connectivity index (χ0v) is 17.5. The van der Waals surface area contributed by atoms with Crippen molar-refractivity contribution in [2.45, 2.75) is 18.5 Å². The Morgan fingerprint density at radius 1 is 1.29 bits per heavy atom. The predicted molar refractivity (Wildman–Crippen MR) is 118 cm³/mol. The maximum absolute atomic E-state index is 12.3. The molecule has 0 amide bonds. The predicted octanol–water partition coefficient (Wildman–Crippen LogP) is 2.57. The zero-order valence-electron chi connectivity index (χ0n) is 15.9. The molecule has 4 rings (SSSR count). The van der Waals surface area contributed by atoms with E-state index in [0.717, 1.165) is 61.1 Å². The average Bonchev–Trinajstić information content (AvgIpc) is 3.00. The van der Waals surface area contributed by atoms with Crippen LogP contribution < -0.4 is 16.2 Å². The van der Waals surface area contributed by atoms with Gasteiger partial charge in [-0.2, -0.15) is 0 Å². The Bertz CT molecular complexity index is 995. The third-order valence-corrected chi connectivity index (χ3v) is 6.99. The van der Waals surface area contributed by atoms with Crippen molar-refractivity contribution >= 4 is 44.1 Å². The number of aromatic nitrogens is 3. The number of piperazine rings is 1. The first-order valence-electron chi connectivity index (χ1n) is 9.42. The van der Waals surface area contributed by atoms with Gasteiger partial charge in [0.05, 0.1) is 10.4 Å². The number of nitrogens with one attached hydrogen (secondary N) is 1. The van der Waals surface area contributed by atoms with Crippen LogP contribution in [0.5, 0.6) is 0 Å². The topological polar surface area (TPSA) is 91.1 Å². The number of H-pyrrole nitrogens is 1. The third kappa shape index (κ3) is 4.16. The molecule has 1 saturated heterocycles. The lowest BCUT2D eigenvalue weighted by Crippen LogP contribution is -2.47. The summed E-state index contributed by atoms with van der Waals surface area (Å²) in [6.07, 6.45) is 2.90. The molecule has 1 aliphatic heterocycles. The van der Waals surface area contributed by atoms with Crippen LogP contribution in [0.15, 0.2) is 34.3 Å². The fourth-order valence-corrected chi connectivity index (χ4v) is 5.20. The number of nitrogens with two attached hydrogens (primary N) is 1. The number of hydrogen-bond donors (Lipinski definition) is 2. The molecule has 0 aliphatic carbocycles. The molecule has 7 nitrogen and oxygen atoms in total. The average molecular weight is 417 g/mol. The molecule has 9 heteroatoms. The van der Waals surface area contributed by atoms with Gasteiger partial charge in [0.1, 0.15) is 10.6 Å². The van der Waals surface area contributed by atoms with Crippen molar-refractivity contribution in [3.63, 3.8) is 0 Å². The van der Waals surface area contributed by atoms with E-state index in [1.165, 1.54) is 11.3 Å². The minimum atomic E-state index is -0.0939. The molecule has 0 spiro atoms. The van der Waals surface area contributed by atoms with Crippen molar-refractivity contribution in [1.29, 1.82) is 0 Å². The van der Waals surface area contributed by atoms with Gasteiger partial charge in [-0.05, 0) is 37.6 Å². The van der Waals surface area contributed by atoms with Gasteiger partial charge in [-0.3, -0.25) is 9.69 Å². The Labute approximate surface area is 172 Å². The van der Waals surface area contributed by atoms with Gasteiger partial charge in [0.2, 0.25) is 0 Å². The number of rotatable bonds is 6. The third-order valence-electron chi connectivity index (χ3n) is 5.02. The Morgan fingerprint density at radius 3 is 2.86 bits per heavy atom. The van der Waals surface area contributed by atoms with Crippen LogP contribution in [0.25, 0.3) is 10.2 Å². The van der Waals surface area contributed by atoms with Crippen molar-refractivity contribution in [3.05, 3.63) is 40.3 Å². The number of thiophene rings is 1. The highest BCUT2D eigenvalue weighted by Gasteiger charge is 2.17. The van der Waals surface area contributed by atoms with E-state index in [4.69, 9.17) is 5.73 Å². The van der Waals surface area contributed by atoms with Crippen LogP contribution >= 0.6 is 23.1 Å². The zero-order chi connectivity index (χ0) is 19.5. The first-order valence-corrected chi connectivity index (χ1v) is 11.2. The van der Waals surface area contributed by atoms with Crippen LogP contribution in [0.1, 0.15) is 12.0 Å². The summed E-state index contributed by atoms with van der Waals surface area (Å²) >= 11 is 2.99. The van der Waals surface area contributed by atoms with E-state index < -0.39 is 0 Å². The molecule has 0 bridgehead atoms. The van der Waals surface area contributed by atoms with E-state index >= 15 is 0 Å². The quantitative estimate of drug-likeness (QED) is 0.362. The van der Waals surface area contributed by atoms with Crippen LogP contribution in [0, 0.1) is 6.92 Å².